The summed E-state index contributed by atoms with van der Waals surface area (Å²) >= 11 is 0. The maximum absolute atomic E-state index is 4.58. The standard InChI is InChI=1S/C17H19N3/c1-17(2,3)15-12-18-16-14(10-7-11-20(15)16)19-13-8-5-4-6-9-13/h4-12,19H,1-3H3. The Kier molecular flexibility index (Phi) is 2.97. The van der Waals surface area contributed by atoms with Gasteiger partial charge >= 0.3 is 0 Å². The number of fused-ring (bicyclic) bond motifs is 1. The minimum absolute atomic E-state index is 0.0742. The number of hydrogen-bond acceptors (Lipinski definition) is 2. The molecule has 0 saturated carbocycles. The van der Waals surface area contributed by atoms with Crippen molar-refractivity contribution < 1.29 is 0 Å². The van der Waals surface area contributed by atoms with E-state index in [2.05, 4.69) is 65.9 Å². The Morgan fingerprint density at radius 3 is 2.45 bits per heavy atom. The third kappa shape index (κ3) is 2.27. The molecule has 0 aliphatic carbocycles. The molecule has 2 aromatic heterocycles. The highest BCUT2D eigenvalue weighted by molar-refractivity contribution is 5.74. The number of imidazole rings is 1. The molecule has 3 nitrogen and oxygen atoms in total. The van der Waals surface area contributed by atoms with Gasteiger partial charge in [-0.25, -0.2) is 4.98 Å². The first-order valence-corrected chi connectivity index (χ1v) is 6.84. The molecule has 0 spiro atoms. The molecule has 0 saturated heterocycles. The van der Waals surface area contributed by atoms with Crippen LogP contribution in [0.4, 0.5) is 11.4 Å². The maximum atomic E-state index is 4.58. The fourth-order valence-electron chi connectivity index (χ4n) is 2.34. The molecule has 3 aromatic rings. The van der Waals surface area contributed by atoms with Gasteiger partial charge in [0.1, 0.15) is 0 Å². The van der Waals surface area contributed by atoms with Gasteiger partial charge < -0.3 is 9.72 Å². The number of nitrogens with zero attached hydrogens (tertiary/aromatic N) is 2. The number of rotatable bonds is 2. The lowest BCUT2D eigenvalue weighted by Crippen LogP contribution is -2.14. The highest BCUT2D eigenvalue weighted by atomic mass is 15.0. The smallest absolute Gasteiger partial charge is 0.160 e. The van der Waals surface area contributed by atoms with E-state index >= 15 is 0 Å². The highest BCUT2D eigenvalue weighted by Gasteiger charge is 2.19. The average molecular weight is 265 g/mol. The van der Waals surface area contributed by atoms with E-state index in [1.165, 1.54) is 5.69 Å². The quantitative estimate of drug-likeness (QED) is 0.745. The summed E-state index contributed by atoms with van der Waals surface area (Å²) in [6.45, 7) is 6.61. The zero-order chi connectivity index (χ0) is 14.2. The summed E-state index contributed by atoms with van der Waals surface area (Å²) < 4.78 is 2.16. The number of anilines is 2. The van der Waals surface area contributed by atoms with Gasteiger partial charge in [-0.3, -0.25) is 0 Å². The van der Waals surface area contributed by atoms with Crippen LogP contribution in [0.2, 0.25) is 0 Å². The monoisotopic (exact) mass is 265 g/mol. The molecule has 3 heteroatoms. The first-order valence-electron chi connectivity index (χ1n) is 6.84. The van der Waals surface area contributed by atoms with Crippen molar-refractivity contribution in [2.75, 3.05) is 5.32 Å². The molecule has 0 amide bonds. The molecule has 3 rings (SSSR count). The summed E-state index contributed by atoms with van der Waals surface area (Å²) in [5.41, 5.74) is 4.34. The molecule has 0 unspecified atom stereocenters. The van der Waals surface area contributed by atoms with E-state index in [0.717, 1.165) is 17.0 Å². The van der Waals surface area contributed by atoms with E-state index in [-0.39, 0.29) is 5.41 Å². The summed E-state index contributed by atoms with van der Waals surface area (Å²) in [5, 5.41) is 3.43. The van der Waals surface area contributed by atoms with Crippen LogP contribution in [0.3, 0.4) is 0 Å². The lowest BCUT2D eigenvalue weighted by Gasteiger charge is -2.18. The zero-order valence-electron chi connectivity index (χ0n) is 12.1. The summed E-state index contributed by atoms with van der Waals surface area (Å²) in [4.78, 5) is 4.58. The van der Waals surface area contributed by atoms with Gasteiger partial charge in [-0.15, -0.1) is 0 Å². The van der Waals surface area contributed by atoms with E-state index in [1.54, 1.807) is 0 Å². The molecule has 0 bridgehead atoms. The van der Waals surface area contributed by atoms with Crippen molar-refractivity contribution in [2.45, 2.75) is 26.2 Å². The Hall–Kier alpha value is -2.29. The number of pyridine rings is 1. The number of benzene rings is 1. The topological polar surface area (TPSA) is 29.3 Å². The normalized spacial score (nSPS) is 11.8. The van der Waals surface area contributed by atoms with Gasteiger partial charge in [0.05, 0.1) is 5.69 Å². The van der Waals surface area contributed by atoms with Crippen molar-refractivity contribution in [2.24, 2.45) is 0 Å². The molecule has 0 radical (unpaired) electrons. The van der Waals surface area contributed by atoms with Crippen LogP contribution in [0.25, 0.3) is 5.65 Å². The minimum atomic E-state index is 0.0742. The molecule has 102 valence electrons. The van der Waals surface area contributed by atoms with Crippen LogP contribution in [0.5, 0.6) is 0 Å². The van der Waals surface area contributed by atoms with Crippen LogP contribution in [-0.4, -0.2) is 9.38 Å². The number of hydrogen-bond donors (Lipinski definition) is 1. The fraction of sp³-hybridized carbons (Fsp3) is 0.235. The van der Waals surface area contributed by atoms with E-state index < -0.39 is 0 Å². The lowest BCUT2D eigenvalue weighted by atomic mass is 9.93. The molecule has 0 atom stereocenters. The zero-order valence-corrected chi connectivity index (χ0v) is 12.1. The van der Waals surface area contributed by atoms with Crippen molar-refractivity contribution in [1.29, 1.82) is 0 Å². The van der Waals surface area contributed by atoms with Gasteiger partial charge in [-0.1, -0.05) is 39.0 Å². The molecular weight excluding hydrogens is 246 g/mol. The van der Waals surface area contributed by atoms with E-state index in [1.807, 2.05) is 24.4 Å². The van der Waals surface area contributed by atoms with Gasteiger partial charge in [0, 0.05) is 29.2 Å². The largest absolute Gasteiger partial charge is 0.352 e. The van der Waals surface area contributed by atoms with Crippen molar-refractivity contribution in [3.8, 4) is 0 Å². The second-order valence-electron chi connectivity index (χ2n) is 6.00. The first-order chi connectivity index (χ1) is 9.55. The van der Waals surface area contributed by atoms with Crippen molar-refractivity contribution in [3.05, 3.63) is 60.6 Å². The second-order valence-corrected chi connectivity index (χ2v) is 6.00. The predicted molar refractivity (Wildman–Crippen MR) is 83.6 cm³/mol. The SMILES string of the molecule is CC(C)(C)c1cnc2c(Nc3ccccc3)cccn12. The molecular formula is C17H19N3. The summed E-state index contributed by atoms with van der Waals surface area (Å²) in [6, 6.07) is 14.3. The van der Waals surface area contributed by atoms with Crippen LogP contribution in [-0.2, 0) is 5.41 Å². The van der Waals surface area contributed by atoms with Crippen molar-refractivity contribution in [3.63, 3.8) is 0 Å². The molecule has 0 aliphatic rings. The Morgan fingerprint density at radius 1 is 1.00 bits per heavy atom. The van der Waals surface area contributed by atoms with Crippen LogP contribution < -0.4 is 5.32 Å². The van der Waals surface area contributed by atoms with Gasteiger partial charge in [-0.2, -0.15) is 0 Å². The molecule has 0 fully saturated rings. The van der Waals surface area contributed by atoms with Crippen LogP contribution in [0, 0.1) is 0 Å². The summed E-state index contributed by atoms with van der Waals surface area (Å²) in [5.74, 6) is 0. The summed E-state index contributed by atoms with van der Waals surface area (Å²) in [7, 11) is 0. The van der Waals surface area contributed by atoms with Crippen molar-refractivity contribution in [1.82, 2.24) is 9.38 Å². The number of para-hydroxylation sites is 1. The predicted octanol–water partition coefficient (Wildman–Crippen LogP) is 4.38. The summed E-state index contributed by atoms with van der Waals surface area (Å²) in [6.07, 6.45) is 4.03. The fourth-order valence-corrected chi connectivity index (χ4v) is 2.34. The third-order valence-electron chi connectivity index (χ3n) is 3.36. The van der Waals surface area contributed by atoms with Crippen molar-refractivity contribution >= 4 is 17.0 Å². The highest BCUT2D eigenvalue weighted by Crippen LogP contribution is 2.27. The number of aromatic nitrogens is 2. The number of nitrogens with one attached hydrogen (secondary N) is 1. The molecule has 1 aromatic carbocycles. The van der Waals surface area contributed by atoms with E-state index in [9.17, 15) is 0 Å². The maximum Gasteiger partial charge on any atom is 0.160 e. The Morgan fingerprint density at radius 2 is 1.75 bits per heavy atom. The lowest BCUT2D eigenvalue weighted by molar-refractivity contribution is 0.563. The Balaban J connectivity index is 2.07. The first kappa shape index (κ1) is 12.7. The molecule has 2 heterocycles. The van der Waals surface area contributed by atoms with Crippen LogP contribution >= 0.6 is 0 Å². The van der Waals surface area contributed by atoms with Gasteiger partial charge in [0.2, 0.25) is 0 Å². The molecule has 1 N–H and O–H groups in total. The van der Waals surface area contributed by atoms with Gasteiger partial charge in [-0.05, 0) is 24.3 Å². The van der Waals surface area contributed by atoms with E-state index in [0.29, 0.717) is 0 Å². The molecule has 20 heavy (non-hydrogen) atoms. The van der Waals surface area contributed by atoms with Crippen LogP contribution in [0.15, 0.2) is 54.9 Å². The van der Waals surface area contributed by atoms with Gasteiger partial charge in [0.15, 0.2) is 5.65 Å². The molecule has 0 aliphatic heterocycles. The Labute approximate surface area is 119 Å². The van der Waals surface area contributed by atoms with Gasteiger partial charge in [0.25, 0.3) is 0 Å². The second kappa shape index (κ2) is 4.67. The van der Waals surface area contributed by atoms with Crippen LogP contribution in [0.1, 0.15) is 26.5 Å². The van der Waals surface area contributed by atoms with E-state index in [4.69, 9.17) is 0 Å². The minimum Gasteiger partial charge on any atom is -0.352 e. The Bertz CT molecular complexity index is 721. The third-order valence-corrected chi connectivity index (χ3v) is 3.36. The average Bonchev–Trinajstić information content (AvgIpc) is 2.85.